The molecule has 0 aliphatic heterocycles. The summed E-state index contributed by atoms with van der Waals surface area (Å²) in [5.74, 6) is 0.529. The molecule has 0 spiro atoms. The Hall–Kier alpha value is -2.44. The van der Waals surface area contributed by atoms with E-state index < -0.39 is 0 Å². The summed E-state index contributed by atoms with van der Waals surface area (Å²) >= 11 is 1.58. The summed E-state index contributed by atoms with van der Waals surface area (Å²) < 4.78 is 10.7. The van der Waals surface area contributed by atoms with Crippen LogP contribution in [-0.4, -0.2) is 17.7 Å². The van der Waals surface area contributed by atoms with Crippen molar-refractivity contribution in [2.24, 2.45) is 0 Å². The number of nitrogens with one attached hydrogen (secondary N) is 1. The topological polar surface area (TPSA) is 64.4 Å². The zero-order valence-corrected chi connectivity index (χ0v) is 15.3. The van der Waals surface area contributed by atoms with E-state index in [-0.39, 0.29) is 19.1 Å². The molecule has 2 aromatic heterocycles. The van der Waals surface area contributed by atoms with E-state index in [1.54, 1.807) is 11.3 Å². The Morgan fingerprint density at radius 1 is 1.24 bits per heavy atom. The second-order valence-corrected chi connectivity index (χ2v) is 6.92. The van der Waals surface area contributed by atoms with Gasteiger partial charge in [-0.2, -0.15) is 0 Å². The van der Waals surface area contributed by atoms with Gasteiger partial charge in [0.2, 0.25) is 5.91 Å². The average Bonchev–Trinajstić information content (AvgIpc) is 3.22. The van der Waals surface area contributed by atoms with Crippen molar-refractivity contribution in [1.29, 1.82) is 0 Å². The standard InChI is InChI=1S/C19H20N2O3S/c1-12-7-13(2)19(14(3)8-12)20-18(22)11-23-10-15-9-16(24-21-15)17-5-4-6-25-17/h4-9H,10-11H2,1-3H3,(H,20,22). The highest BCUT2D eigenvalue weighted by atomic mass is 32.1. The predicted octanol–water partition coefficient (Wildman–Crippen LogP) is 4.48. The van der Waals surface area contributed by atoms with Crippen LogP contribution in [0, 0.1) is 20.8 Å². The SMILES string of the molecule is Cc1cc(C)c(NC(=O)COCc2cc(-c3cccs3)on2)c(C)c1. The van der Waals surface area contributed by atoms with Gasteiger partial charge in [0.15, 0.2) is 5.76 Å². The van der Waals surface area contributed by atoms with Crippen LogP contribution < -0.4 is 5.32 Å². The summed E-state index contributed by atoms with van der Waals surface area (Å²) in [5.41, 5.74) is 4.78. The van der Waals surface area contributed by atoms with Crippen LogP contribution in [-0.2, 0) is 16.1 Å². The van der Waals surface area contributed by atoms with E-state index in [0.29, 0.717) is 11.5 Å². The second kappa shape index (κ2) is 7.63. The lowest BCUT2D eigenvalue weighted by Crippen LogP contribution is -2.19. The first kappa shape index (κ1) is 17.4. The summed E-state index contributed by atoms with van der Waals surface area (Å²) in [6.07, 6.45) is 0. The monoisotopic (exact) mass is 356 g/mol. The molecular weight excluding hydrogens is 336 g/mol. The molecule has 2 heterocycles. The molecule has 130 valence electrons. The molecule has 0 aliphatic carbocycles. The fraction of sp³-hybridized carbons (Fsp3) is 0.263. The molecule has 6 heteroatoms. The number of rotatable bonds is 6. The lowest BCUT2D eigenvalue weighted by atomic mass is 10.1. The third-order valence-corrected chi connectivity index (χ3v) is 4.63. The van der Waals surface area contributed by atoms with Crippen molar-refractivity contribution in [3.05, 3.63) is 58.1 Å². The number of hydrogen-bond donors (Lipinski definition) is 1. The van der Waals surface area contributed by atoms with Crippen molar-refractivity contribution >= 4 is 22.9 Å². The molecule has 3 aromatic rings. The van der Waals surface area contributed by atoms with Crippen molar-refractivity contribution < 1.29 is 14.1 Å². The Morgan fingerprint density at radius 3 is 2.68 bits per heavy atom. The van der Waals surface area contributed by atoms with Crippen molar-refractivity contribution in [3.8, 4) is 10.6 Å². The van der Waals surface area contributed by atoms with Crippen LogP contribution >= 0.6 is 11.3 Å². The van der Waals surface area contributed by atoms with Gasteiger partial charge in [-0.15, -0.1) is 11.3 Å². The summed E-state index contributed by atoms with van der Waals surface area (Å²) in [5, 5.41) is 8.86. The maximum atomic E-state index is 12.1. The molecule has 1 aromatic carbocycles. The largest absolute Gasteiger partial charge is 0.365 e. The van der Waals surface area contributed by atoms with Crippen molar-refractivity contribution in [3.63, 3.8) is 0 Å². The molecule has 3 rings (SSSR count). The smallest absolute Gasteiger partial charge is 0.250 e. The summed E-state index contributed by atoms with van der Waals surface area (Å²) in [6.45, 7) is 6.20. The number of anilines is 1. The lowest BCUT2D eigenvalue weighted by molar-refractivity contribution is -0.121. The van der Waals surface area contributed by atoms with Crippen LogP contribution in [0.4, 0.5) is 5.69 Å². The number of nitrogens with zero attached hydrogens (tertiary/aromatic N) is 1. The number of aromatic nitrogens is 1. The van der Waals surface area contributed by atoms with Crippen molar-refractivity contribution in [2.75, 3.05) is 11.9 Å². The van der Waals surface area contributed by atoms with Crippen LogP contribution in [0.2, 0.25) is 0 Å². The molecule has 0 saturated carbocycles. The van der Waals surface area contributed by atoms with Crippen molar-refractivity contribution in [2.45, 2.75) is 27.4 Å². The van der Waals surface area contributed by atoms with E-state index in [0.717, 1.165) is 21.7 Å². The molecule has 0 atom stereocenters. The minimum atomic E-state index is -0.183. The molecule has 1 amide bonds. The number of thiophene rings is 1. The summed E-state index contributed by atoms with van der Waals surface area (Å²) in [6, 6.07) is 9.85. The molecule has 5 nitrogen and oxygen atoms in total. The van der Waals surface area contributed by atoms with Crippen LogP contribution in [0.1, 0.15) is 22.4 Å². The maximum absolute atomic E-state index is 12.1. The number of carbonyl (C=O) groups is 1. The van der Waals surface area contributed by atoms with E-state index in [2.05, 4.69) is 10.5 Å². The summed E-state index contributed by atoms with van der Waals surface area (Å²) in [7, 11) is 0. The molecule has 0 radical (unpaired) electrons. The highest BCUT2D eigenvalue weighted by molar-refractivity contribution is 7.13. The molecule has 0 bridgehead atoms. The van der Waals surface area contributed by atoms with Gasteiger partial charge in [0.05, 0.1) is 11.5 Å². The number of aryl methyl sites for hydroxylation is 3. The molecule has 0 fully saturated rings. The predicted molar refractivity (Wildman–Crippen MR) is 98.8 cm³/mol. The Bertz CT molecular complexity index is 846. The Balaban J connectivity index is 1.52. The number of amides is 1. The zero-order chi connectivity index (χ0) is 17.8. The van der Waals surface area contributed by atoms with Gasteiger partial charge in [-0.05, 0) is 43.3 Å². The number of hydrogen-bond acceptors (Lipinski definition) is 5. The number of benzene rings is 1. The first-order valence-corrected chi connectivity index (χ1v) is 8.86. The van der Waals surface area contributed by atoms with Gasteiger partial charge in [-0.25, -0.2) is 0 Å². The minimum absolute atomic E-state index is 0.0338. The van der Waals surface area contributed by atoms with Gasteiger partial charge >= 0.3 is 0 Å². The zero-order valence-electron chi connectivity index (χ0n) is 14.5. The van der Waals surface area contributed by atoms with Gasteiger partial charge in [0.25, 0.3) is 0 Å². The maximum Gasteiger partial charge on any atom is 0.250 e. The van der Waals surface area contributed by atoms with E-state index in [1.165, 1.54) is 5.56 Å². The first-order valence-electron chi connectivity index (χ1n) is 7.98. The fourth-order valence-electron chi connectivity index (χ4n) is 2.72. The molecule has 0 aliphatic rings. The first-order chi connectivity index (χ1) is 12.0. The van der Waals surface area contributed by atoms with Crippen LogP contribution in [0.3, 0.4) is 0 Å². The van der Waals surface area contributed by atoms with E-state index in [4.69, 9.17) is 9.26 Å². The highest BCUT2D eigenvalue weighted by Gasteiger charge is 2.11. The van der Waals surface area contributed by atoms with Crippen LogP contribution in [0.5, 0.6) is 0 Å². The quantitative estimate of drug-likeness (QED) is 0.707. The second-order valence-electron chi connectivity index (χ2n) is 5.97. The number of carbonyl (C=O) groups excluding carboxylic acids is 1. The van der Waals surface area contributed by atoms with Crippen LogP contribution in [0.25, 0.3) is 10.6 Å². The third kappa shape index (κ3) is 4.35. The molecule has 0 saturated heterocycles. The van der Waals surface area contributed by atoms with Gasteiger partial charge in [0.1, 0.15) is 12.3 Å². The Labute approximate surface area is 150 Å². The lowest BCUT2D eigenvalue weighted by Gasteiger charge is -2.12. The highest BCUT2D eigenvalue weighted by Crippen LogP contribution is 2.25. The third-order valence-electron chi connectivity index (χ3n) is 3.75. The Morgan fingerprint density at radius 2 is 2.00 bits per heavy atom. The van der Waals surface area contributed by atoms with E-state index >= 15 is 0 Å². The van der Waals surface area contributed by atoms with Gasteiger partial charge < -0.3 is 14.6 Å². The molecule has 0 unspecified atom stereocenters. The van der Waals surface area contributed by atoms with Gasteiger partial charge in [-0.3, -0.25) is 4.79 Å². The minimum Gasteiger partial charge on any atom is -0.365 e. The molecule has 1 N–H and O–H groups in total. The van der Waals surface area contributed by atoms with Gasteiger partial charge in [-0.1, -0.05) is 28.9 Å². The molecule has 25 heavy (non-hydrogen) atoms. The Kier molecular flexibility index (Phi) is 5.31. The van der Waals surface area contributed by atoms with Crippen LogP contribution in [0.15, 0.2) is 40.2 Å². The fourth-order valence-corrected chi connectivity index (χ4v) is 3.39. The average molecular weight is 356 g/mol. The summed E-state index contributed by atoms with van der Waals surface area (Å²) in [4.78, 5) is 13.1. The number of ether oxygens (including phenoxy) is 1. The van der Waals surface area contributed by atoms with E-state index in [1.807, 2.05) is 56.5 Å². The van der Waals surface area contributed by atoms with E-state index in [9.17, 15) is 4.79 Å². The van der Waals surface area contributed by atoms with Gasteiger partial charge in [0, 0.05) is 11.8 Å². The van der Waals surface area contributed by atoms with Crippen molar-refractivity contribution in [1.82, 2.24) is 5.16 Å². The molecular formula is C19H20N2O3S. The normalized spacial score (nSPS) is 10.8.